The van der Waals surface area contributed by atoms with E-state index in [0.717, 1.165) is 27.0 Å². The third kappa shape index (κ3) is 8.47. The van der Waals surface area contributed by atoms with E-state index in [4.69, 9.17) is 18.9 Å². The van der Waals surface area contributed by atoms with Gasteiger partial charge in [-0.3, -0.25) is 0 Å². The number of benzene rings is 1. The van der Waals surface area contributed by atoms with E-state index in [1.165, 1.54) is 40.2 Å². The van der Waals surface area contributed by atoms with Gasteiger partial charge in [0.1, 0.15) is 16.2 Å². The first-order valence-electron chi connectivity index (χ1n) is 14.6. The van der Waals surface area contributed by atoms with Crippen LogP contribution < -0.4 is 0 Å². The van der Waals surface area contributed by atoms with Crippen molar-refractivity contribution in [3.8, 4) is 0 Å². The van der Waals surface area contributed by atoms with Crippen LogP contribution in [0.1, 0.15) is 33.3 Å². The molecule has 1 aliphatic heterocycles. The minimum atomic E-state index is -0.700. The zero-order chi connectivity index (χ0) is 34.2. The van der Waals surface area contributed by atoms with Crippen LogP contribution in [-0.2, 0) is 44.7 Å². The maximum atomic E-state index is 13.7. The molecule has 1 heterocycles. The van der Waals surface area contributed by atoms with Gasteiger partial charge in [0.05, 0.1) is 40.2 Å². The van der Waals surface area contributed by atoms with Gasteiger partial charge in [0, 0.05) is 46.5 Å². The molecule has 1 aromatic carbocycles. The molecule has 0 saturated carbocycles. The maximum Gasteiger partial charge on any atom is 0.354 e. The van der Waals surface area contributed by atoms with Gasteiger partial charge in [-0.15, -0.1) is 11.8 Å². The Morgan fingerprint density at radius 2 is 1.57 bits per heavy atom. The average molecular weight is 671 g/mol. The van der Waals surface area contributed by atoms with Crippen molar-refractivity contribution in [3.05, 3.63) is 91.4 Å². The SMILES string of the molecule is COC(=O)/C=C(\C(=O)OC)N(CCN(Cc1ccccc1)C1=C2C(SC)=CC(C)(C)C=C2SC(C(=O)OC)=C1C(=O)OC)C(C)C. The average Bonchev–Trinajstić information content (AvgIpc) is 3.04. The second-order valence-electron chi connectivity index (χ2n) is 11.3. The highest BCUT2D eigenvalue weighted by atomic mass is 32.2. The van der Waals surface area contributed by atoms with Crippen molar-refractivity contribution in [2.45, 2.75) is 40.3 Å². The summed E-state index contributed by atoms with van der Waals surface area (Å²) in [6.07, 6.45) is 7.31. The van der Waals surface area contributed by atoms with Crippen LogP contribution in [0.5, 0.6) is 0 Å². The molecule has 0 radical (unpaired) electrons. The van der Waals surface area contributed by atoms with E-state index in [9.17, 15) is 19.2 Å². The molecule has 0 unspecified atom stereocenters. The molecule has 0 spiro atoms. The second kappa shape index (κ2) is 16.1. The molecule has 1 aliphatic carbocycles. The minimum Gasteiger partial charge on any atom is -0.466 e. The van der Waals surface area contributed by atoms with E-state index < -0.39 is 23.9 Å². The zero-order valence-corrected chi connectivity index (χ0v) is 29.4. The molecular formula is C34H42N2O8S2. The lowest BCUT2D eigenvalue weighted by Crippen LogP contribution is -2.42. The van der Waals surface area contributed by atoms with Gasteiger partial charge in [-0.2, -0.15) is 0 Å². The fourth-order valence-corrected chi connectivity index (χ4v) is 7.43. The number of hydrogen-bond donors (Lipinski definition) is 0. The van der Waals surface area contributed by atoms with Gasteiger partial charge in [-0.25, -0.2) is 19.2 Å². The maximum absolute atomic E-state index is 13.7. The van der Waals surface area contributed by atoms with Gasteiger partial charge in [0.2, 0.25) is 0 Å². The summed E-state index contributed by atoms with van der Waals surface area (Å²) < 4.78 is 20.3. The zero-order valence-electron chi connectivity index (χ0n) is 27.8. The van der Waals surface area contributed by atoms with Crippen molar-refractivity contribution in [2.75, 3.05) is 47.8 Å². The number of ether oxygens (including phenoxy) is 4. The standard InChI is InChI=1S/C34H42N2O8S2/c1-21(2)36(23(31(38)42-6)17-26(37)41-5)16-15-35(20-22-13-11-10-12-14-22)29-27-24(45-9)18-34(3,4)19-25(27)46-30(33(40)44-8)28(29)32(39)43-7/h10-14,17-19,21H,15-16,20H2,1-9H3/b23-17+. The molecule has 0 atom stereocenters. The monoisotopic (exact) mass is 670 g/mol. The van der Waals surface area contributed by atoms with Crippen LogP contribution in [0.4, 0.5) is 0 Å². The first-order chi connectivity index (χ1) is 21.8. The van der Waals surface area contributed by atoms with E-state index in [-0.39, 0.29) is 40.7 Å². The Kier molecular flexibility index (Phi) is 12.8. The Balaban J connectivity index is 2.34. The number of carbonyl (C=O) groups is 4. The van der Waals surface area contributed by atoms with Crippen molar-refractivity contribution in [1.82, 2.24) is 9.80 Å². The summed E-state index contributed by atoms with van der Waals surface area (Å²) >= 11 is 2.74. The molecule has 3 rings (SSSR count). The van der Waals surface area contributed by atoms with E-state index in [1.807, 2.05) is 55.3 Å². The highest BCUT2D eigenvalue weighted by molar-refractivity contribution is 8.08. The van der Waals surface area contributed by atoms with Gasteiger partial charge >= 0.3 is 23.9 Å². The molecule has 12 heteroatoms. The summed E-state index contributed by atoms with van der Waals surface area (Å²) in [6.45, 7) is 8.78. The van der Waals surface area contributed by atoms with Crippen LogP contribution in [0, 0.1) is 5.41 Å². The number of nitrogens with zero attached hydrogens (tertiary/aromatic N) is 2. The van der Waals surface area contributed by atoms with Crippen molar-refractivity contribution in [2.24, 2.45) is 5.41 Å². The Bertz CT molecular complexity index is 1510. The lowest BCUT2D eigenvalue weighted by molar-refractivity contribution is -0.140. The number of thioether (sulfide) groups is 2. The number of fused-ring (bicyclic) bond motifs is 1. The third-order valence-corrected chi connectivity index (χ3v) is 9.20. The third-order valence-electron chi connectivity index (χ3n) is 7.32. The lowest BCUT2D eigenvalue weighted by atomic mass is 9.85. The van der Waals surface area contributed by atoms with Crippen LogP contribution in [0.15, 0.2) is 85.8 Å². The van der Waals surface area contributed by atoms with E-state index in [2.05, 4.69) is 26.0 Å². The first-order valence-corrected chi connectivity index (χ1v) is 16.6. The molecular weight excluding hydrogens is 629 g/mol. The Labute approximate surface area is 279 Å². The molecule has 0 bridgehead atoms. The van der Waals surface area contributed by atoms with Crippen molar-refractivity contribution >= 4 is 47.4 Å². The number of carbonyl (C=O) groups excluding carboxylic acids is 4. The number of hydrogen-bond acceptors (Lipinski definition) is 12. The van der Waals surface area contributed by atoms with Crippen LogP contribution in [-0.4, -0.2) is 87.5 Å². The van der Waals surface area contributed by atoms with E-state index >= 15 is 0 Å². The van der Waals surface area contributed by atoms with E-state index in [0.29, 0.717) is 12.2 Å². The normalized spacial score (nSPS) is 15.8. The number of methoxy groups -OCH3 is 4. The van der Waals surface area contributed by atoms with Gasteiger partial charge in [-0.05, 0) is 25.7 Å². The van der Waals surface area contributed by atoms with Crippen molar-refractivity contribution < 1.29 is 38.1 Å². The van der Waals surface area contributed by atoms with Crippen LogP contribution >= 0.6 is 23.5 Å². The number of rotatable bonds is 13. The minimum absolute atomic E-state index is 0.0320. The molecule has 0 aromatic heterocycles. The Morgan fingerprint density at radius 3 is 2.11 bits per heavy atom. The first kappa shape index (κ1) is 36.6. The predicted octanol–water partition coefficient (Wildman–Crippen LogP) is 5.20. The van der Waals surface area contributed by atoms with Crippen molar-refractivity contribution in [1.29, 1.82) is 0 Å². The highest BCUT2D eigenvalue weighted by Gasteiger charge is 2.41. The summed E-state index contributed by atoms with van der Waals surface area (Å²) in [6, 6.07) is 9.48. The molecule has 1 aromatic rings. The predicted molar refractivity (Wildman–Crippen MR) is 180 cm³/mol. The van der Waals surface area contributed by atoms with Gasteiger partial charge < -0.3 is 28.7 Å². The van der Waals surface area contributed by atoms with Crippen LogP contribution in [0.3, 0.4) is 0 Å². The summed E-state index contributed by atoms with van der Waals surface area (Å²) in [4.78, 5) is 57.8. The van der Waals surface area contributed by atoms with Crippen LogP contribution in [0.2, 0.25) is 0 Å². The molecule has 0 N–H and O–H groups in total. The van der Waals surface area contributed by atoms with Crippen LogP contribution in [0.25, 0.3) is 0 Å². The topological polar surface area (TPSA) is 112 Å². The summed E-state index contributed by atoms with van der Waals surface area (Å²) in [5.41, 5.74) is 2.06. The smallest absolute Gasteiger partial charge is 0.354 e. The summed E-state index contributed by atoms with van der Waals surface area (Å²) in [5, 5.41) is 0. The lowest BCUT2D eigenvalue weighted by Gasteiger charge is -2.39. The van der Waals surface area contributed by atoms with E-state index in [1.54, 1.807) is 16.7 Å². The second-order valence-corrected chi connectivity index (χ2v) is 13.2. The quantitative estimate of drug-likeness (QED) is 0.156. The molecule has 248 valence electrons. The molecule has 0 amide bonds. The Morgan fingerprint density at radius 1 is 0.913 bits per heavy atom. The fourth-order valence-electron chi connectivity index (χ4n) is 5.19. The largest absolute Gasteiger partial charge is 0.466 e. The summed E-state index contributed by atoms with van der Waals surface area (Å²) in [7, 11) is 5.04. The molecule has 0 saturated heterocycles. The molecule has 2 aliphatic rings. The highest BCUT2D eigenvalue weighted by Crippen LogP contribution is 2.53. The molecule has 10 nitrogen and oxygen atoms in total. The Hall–Kier alpha value is -3.90. The van der Waals surface area contributed by atoms with Gasteiger partial charge in [0.15, 0.2) is 0 Å². The molecule has 46 heavy (non-hydrogen) atoms. The summed E-state index contributed by atoms with van der Waals surface area (Å²) in [5.74, 6) is -2.73. The van der Waals surface area contributed by atoms with Gasteiger partial charge in [-0.1, -0.05) is 68.1 Å². The fraction of sp³-hybridized carbons (Fsp3) is 0.412. The number of allylic oxidation sites excluding steroid dienone is 4. The van der Waals surface area contributed by atoms with Gasteiger partial charge in [0.25, 0.3) is 0 Å². The number of esters is 4. The molecule has 0 fully saturated rings. The van der Waals surface area contributed by atoms with Crippen molar-refractivity contribution in [3.63, 3.8) is 0 Å².